The predicted molar refractivity (Wildman–Crippen MR) is 86.4 cm³/mol. The molecule has 7 heteroatoms. The molecule has 0 spiro atoms. The average molecular weight is 311 g/mol. The summed E-state index contributed by atoms with van der Waals surface area (Å²) in [6.45, 7) is 0.606. The van der Waals surface area contributed by atoms with E-state index in [-0.39, 0.29) is 12.4 Å². The highest BCUT2D eigenvalue weighted by atomic mass is 19.1. The number of benzene rings is 1. The molecule has 0 radical (unpaired) electrons. The van der Waals surface area contributed by atoms with Gasteiger partial charge in [-0.05, 0) is 42.0 Å². The first-order chi connectivity index (χ1) is 11.3. The molecule has 0 atom stereocenters. The molecule has 6 nitrogen and oxygen atoms in total. The SMILES string of the molecule is O=NCCNc1cc(-c2cn[nH]c2-c2ccc(F)cc2)ccn1. The van der Waals surface area contributed by atoms with Gasteiger partial charge >= 0.3 is 0 Å². The van der Waals surface area contributed by atoms with Crippen molar-refractivity contribution in [1.29, 1.82) is 0 Å². The van der Waals surface area contributed by atoms with Gasteiger partial charge in [-0.1, -0.05) is 5.18 Å². The highest BCUT2D eigenvalue weighted by Crippen LogP contribution is 2.30. The molecule has 0 bridgehead atoms. The van der Waals surface area contributed by atoms with E-state index in [0.29, 0.717) is 12.4 Å². The molecule has 0 fully saturated rings. The smallest absolute Gasteiger partial charge is 0.126 e. The van der Waals surface area contributed by atoms with Crippen molar-refractivity contribution in [3.05, 3.63) is 59.5 Å². The first-order valence-corrected chi connectivity index (χ1v) is 7.06. The van der Waals surface area contributed by atoms with Crippen LogP contribution < -0.4 is 5.32 Å². The first-order valence-electron chi connectivity index (χ1n) is 7.06. The second-order valence-electron chi connectivity index (χ2n) is 4.87. The highest BCUT2D eigenvalue weighted by Gasteiger charge is 2.10. The Morgan fingerprint density at radius 1 is 1.17 bits per heavy atom. The van der Waals surface area contributed by atoms with E-state index < -0.39 is 0 Å². The van der Waals surface area contributed by atoms with Crippen molar-refractivity contribution >= 4 is 5.82 Å². The fourth-order valence-electron chi connectivity index (χ4n) is 2.27. The molecule has 0 aliphatic heterocycles. The van der Waals surface area contributed by atoms with Crippen LogP contribution in [-0.4, -0.2) is 28.3 Å². The summed E-state index contributed by atoms with van der Waals surface area (Å²) < 4.78 is 13.1. The number of aromatic nitrogens is 3. The Bertz CT molecular complexity index is 800. The molecule has 0 saturated heterocycles. The van der Waals surface area contributed by atoms with Crippen LogP contribution in [0, 0.1) is 10.7 Å². The zero-order chi connectivity index (χ0) is 16.1. The summed E-state index contributed by atoms with van der Waals surface area (Å²) in [6.07, 6.45) is 3.39. The minimum Gasteiger partial charge on any atom is -0.368 e. The largest absolute Gasteiger partial charge is 0.368 e. The van der Waals surface area contributed by atoms with Crippen molar-refractivity contribution in [1.82, 2.24) is 15.2 Å². The van der Waals surface area contributed by atoms with Gasteiger partial charge in [-0.2, -0.15) is 10.0 Å². The summed E-state index contributed by atoms with van der Waals surface area (Å²) >= 11 is 0. The zero-order valence-corrected chi connectivity index (χ0v) is 12.2. The summed E-state index contributed by atoms with van der Waals surface area (Å²) in [5.74, 6) is 0.367. The number of nitroso groups, excluding NO2 is 1. The van der Waals surface area contributed by atoms with Gasteiger partial charge in [0.15, 0.2) is 0 Å². The van der Waals surface area contributed by atoms with Crippen molar-refractivity contribution in [2.75, 3.05) is 18.4 Å². The standard InChI is InChI=1S/C16H14FN5O/c17-13-3-1-11(2-4-13)16-14(10-20-22-16)12-5-6-18-15(9-12)19-7-8-21-23/h1-6,9-10H,7-8H2,(H,18,19)(H,20,22). The molecule has 116 valence electrons. The maximum Gasteiger partial charge on any atom is 0.126 e. The molecule has 23 heavy (non-hydrogen) atoms. The van der Waals surface area contributed by atoms with Crippen LogP contribution in [0.2, 0.25) is 0 Å². The Morgan fingerprint density at radius 2 is 2.00 bits per heavy atom. The first kappa shape index (κ1) is 14.8. The lowest BCUT2D eigenvalue weighted by Crippen LogP contribution is -2.05. The van der Waals surface area contributed by atoms with E-state index in [9.17, 15) is 9.30 Å². The second kappa shape index (κ2) is 6.78. The lowest BCUT2D eigenvalue weighted by molar-refractivity contribution is 0.628. The minimum absolute atomic E-state index is 0.179. The summed E-state index contributed by atoms with van der Waals surface area (Å²) in [4.78, 5) is 14.3. The van der Waals surface area contributed by atoms with E-state index in [4.69, 9.17) is 0 Å². The number of halogens is 1. The van der Waals surface area contributed by atoms with Crippen LogP contribution in [-0.2, 0) is 0 Å². The van der Waals surface area contributed by atoms with Gasteiger partial charge < -0.3 is 5.32 Å². The Hall–Kier alpha value is -3.09. The number of H-pyrrole nitrogens is 1. The normalized spacial score (nSPS) is 10.5. The number of pyridine rings is 1. The molecule has 0 unspecified atom stereocenters. The summed E-state index contributed by atoms with van der Waals surface area (Å²) in [6, 6.07) is 9.94. The van der Waals surface area contributed by atoms with E-state index >= 15 is 0 Å². The third-order valence-corrected chi connectivity index (χ3v) is 3.35. The second-order valence-corrected chi connectivity index (χ2v) is 4.87. The quantitative estimate of drug-likeness (QED) is 0.539. The van der Waals surface area contributed by atoms with Crippen molar-refractivity contribution in [3.63, 3.8) is 0 Å². The Balaban J connectivity index is 1.91. The molecule has 3 rings (SSSR count). The van der Waals surface area contributed by atoms with Gasteiger partial charge in [0.25, 0.3) is 0 Å². The Labute approximate surface area is 131 Å². The van der Waals surface area contributed by atoms with E-state index in [0.717, 1.165) is 22.4 Å². The van der Waals surface area contributed by atoms with E-state index in [2.05, 4.69) is 25.7 Å². The lowest BCUT2D eigenvalue weighted by Gasteiger charge is -2.07. The summed E-state index contributed by atoms with van der Waals surface area (Å²) in [7, 11) is 0. The van der Waals surface area contributed by atoms with Crippen LogP contribution in [0.25, 0.3) is 22.4 Å². The van der Waals surface area contributed by atoms with Crippen LogP contribution in [0.1, 0.15) is 0 Å². The van der Waals surface area contributed by atoms with Gasteiger partial charge in [-0.3, -0.25) is 5.10 Å². The molecular weight excluding hydrogens is 297 g/mol. The number of rotatable bonds is 6. The number of aromatic amines is 1. The molecule has 2 heterocycles. The van der Waals surface area contributed by atoms with Crippen LogP contribution in [0.3, 0.4) is 0 Å². The number of nitrogens with one attached hydrogen (secondary N) is 2. The summed E-state index contributed by atoms with van der Waals surface area (Å²) in [5, 5.41) is 12.9. The zero-order valence-electron chi connectivity index (χ0n) is 12.2. The molecule has 1 aromatic carbocycles. The van der Waals surface area contributed by atoms with Crippen molar-refractivity contribution in [2.24, 2.45) is 5.18 Å². The number of hydrogen-bond donors (Lipinski definition) is 2. The van der Waals surface area contributed by atoms with Crippen LogP contribution in [0.15, 0.2) is 54.0 Å². The van der Waals surface area contributed by atoms with Gasteiger partial charge in [-0.15, -0.1) is 0 Å². The van der Waals surface area contributed by atoms with E-state index in [1.54, 1.807) is 24.5 Å². The Kier molecular flexibility index (Phi) is 4.37. The van der Waals surface area contributed by atoms with E-state index in [1.807, 2.05) is 12.1 Å². The number of nitrogens with zero attached hydrogens (tertiary/aromatic N) is 3. The predicted octanol–water partition coefficient (Wildman–Crippen LogP) is 3.46. The number of hydrogen-bond acceptors (Lipinski definition) is 5. The molecule has 0 aliphatic carbocycles. The monoisotopic (exact) mass is 311 g/mol. The Morgan fingerprint density at radius 3 is 2.78 bits per heavy atom. The minimum atomic E-state index is -0.283. The van der Waals surface area contributed by atoms with Gasteiger partial charge in [0, 0.05) is 23.9 Å². The molecule has 0 amide bonds. The van der Waals surface area contributed by atoms with Crippen LogP contribution >= 0.6 is 0 Å². The maximum atomic E-state index is 13.1. The fraction of sp³-hybridized carbons (Fsp3) is 0.125. The highest BCUT2D eigenvalue weighted by molar-refractivity contribution is 5.81. The molecule has 2 aromatic heterocycles. The molecule has 0 saturated carbocycles. The summed E-state index contributed by atoms with van der Waals surface area (Å²) in [5.41, 5.74) is 3.44. The molecular formula is C16H14FN5O. The third-order valence-electron chi connectivity index (χ3n) is 3.35. The van der Waals surface area contributed by atoms with Crippen molar-refractivity contribution in [2.45, 2.75) is 0 Å². The van der Waals surface area contributed by atoms with Crippen LogP contribution in [0.4, 0.5) is 10.2 Å². The topological polar surface area (TPSA) is 83.0 Å². The van der Waals surface area contributed by atoms with Crippen LogP contribution in [0.5, 0.6) is 0 Å². The molecule has 2 N–H and O–H groups in total. The van der Waals surface area contributed by atoms with Gasteiger partial charge in [0.05, 0.1) is 18.4 Å². The maximum absolute atomic E-state index is 13.1. The third kappa shape index (κ3) is 3.39. The van der Waals surface area contributed by atoms with Gasteiger partial charge in [0.1, 0.15) is 11.6 Å². The fourth-order valence-corrected chi connectivity index (χ4v) is 2.27. The lowest BCUT2D eigenvalue weighted by atomic mass is 10.0. The average Bonchev–Trinajstić information content (AvgIpc) is 3.06. The van der Waals surface area contributed by atoms with E-state index in [1.165, 1.54) is 12.1 Å². The van der Waals surface area contributed by atoms with Crippen molar-refractivity contribution < 1.29 is 4.39 Å². The molecule has 3 aromatic rings. The van der Waals surface area contributed by atoms with Gasteiger partial charge in [-0.25, -0.2) is 9.37 Å². The molecule has 0 aliphatic rings. The van der Waals surface area contributed by atoms with Gasteiger partial charge in [0.2, 0.25) is 0 Å². The van der Waals surface area contributed by atoms with Crippen molar-refractivity contribution in [3.8, 4) is 22.4 Å². The number of anilines is 1.